The van der Waals surface area contributed by atoms with Gasteiger partial charge >= 0.3 is 0 Å². The molecule has 2 heterocycles. The highest BCUT2D eigenvalue weighted by Gasteiger charge is 2.25. The minimum absolute atomic E-state index is 0.0729. The van der Waals surface area contributed by atoms with Crippen LogP contribution < -0.4 is 5.32 Å². The molecule has 6 nitrogen and oxygen atoms in total. The number of β-amino-alcohol motifs (C(OH)–C–C–N with tert-alkyl or cyclic N) is 1. The molecule has 1 atom stereocenters. The summed E-state index contributed by atoms with van der Waals surface area (Å²) >= 11 is 0. The van der Waals surface area contributed by atoms with Crippen LogP contribution >= 0.6 is 0 Å². The molecule has 0 bridgehead atoms. The molecule has 1 saturated heterocycles. The first-order valence-corrected chi connectivity index (χ1v) is 7.79. The number of nitrogens with zero attached hydrogens (tertiary/aromatic N) is 1. The average Bonchev–Trinajstić information content (AvgIpc) is 2.89. The number of carbonyl (C=O) groups is 1. The Labute approximate surface area is 131 Å². The second kappa shape index (κ2) is 7.76. The number of amides is 1. The zero-order valence-electron chi connectivity index (χ0n) is 13.4. The highest BCUT2D eigenvalue weighted by Crippen LogP contribution is 2.10. The minimum atomic E-state index is -0.936. The van der Waals surface area contributed by atoms with E-state index in [9.17, 15) is 9.90 Å². The number of rotatable bonds is 7. The highest BCUT2D eigenvalue weighted by atomic mass is 16.5. The first kappa shape index (κ1) is 17.0. The Morgan fingerprint density at radius 3 is 2.77 bits per heavy atom. The van der Waals surface area contributed by atoms with E-state index >= 15 is 0 Å². The lowest BCUT2D eigenvalue weighted by Crippen LogP contribution is -2.51. The predicted octanol–water partition coefficient (Wildman–Crippen LogP) is 0.720. The molecule has 1 unspecified atom stereocenters. The fraction of sp³-hybridized carbons (Fsp3) is 0.688. The molecule has 1 aliphatic heterocycles. The van der Waals surface area contributed by atoms with Crippen LogP contribution in [0.3, 0.4) is 0 Å². The number of nitrogens with one attached hydrogen (secondary N) is 1. The molecule has 2 N–H and O–H groups in total. The van der Waals surface area contributed by atoms with E-state index < -0.39 is 5.60 Å². The Balaban J connectivity index is 1.67. The van der Waals surface area contributed by atoms with E-state index in [-0.39, 0.29) is 12.5 Å². The van der Waals surface area contributed by atoms with E-state index in [4.69, 9.17) is 9.15 Å². The van der Waals surface area contributed by atoms with Crippen LogP contribution in [-0.4, -0.2) is 60.9 Å². The van der Waals surface area contributed by atoms with Crippen LogP contribution in [0.2, 0.25) is 0 Å². The lowest BCUT2D eigenvalue weighted by Gasteiger charge is -2.33. The normalized spacial score (nSPS) is 18.9. The van der Waals surface area contributed by atoms with Gasteiger partial charge < -0.3 is 19.6 Å². The summed E-state index contributed by atoms with van der Waals surface area (Å²) in [7, 11) is 0. The van der Waals surface area contributed by atoms with Crippen molar-refractivity contribution in [3.05, 3.63) is 23.7 Å². The van der Waals surface area contributed by atoms with Crippen LogP contribution in [0.5, 0.6) is 0 Å². The summed E-state index contributed by atoms with van der Waals surface area (Å²) in [5.74, 6) is 1.59. The number of morpholine rings is 1. The van der Waals surface area contributed by atoms with Crippen LogP contribution in [0, 0.1) is 6.92 Å². The van der Waals surface area contributed by atoms with Gasteiger partial charge in [-0.05, 0) is 26.0 Å². The van der Waals surface area contributed by atoms with Crippen molar-refractivity contribution >= 4 is 5.91 Å². The van der Waals surface area contributed by atoms with Crippen molar-refractivity contribution in [2.75, 3.05) is 39.4 Å². The van der Waals surface area contributed by atoms with Crippen molar-refractivity contribution in [1.82, 2.24) is 10.2 Å². The van der Waals surface area contributed by atoms with Gasteiger partial charge in [0.25, 0.3) is 0 Å². The van der Waals surface area contributed by atoms with Crippen LogP contribution in [0.25, 0.3) is 0 Å². The first-order valence-electron chi connectivity index (χ1n) is 7.79. The quantitative estimate of drug-likeness (QED) is 0.776. The van der Waals surface area contributed by atoms with E-state index in [0.717, 1.165) is 24.6 Å². The summed E-state index contributed by atoms with van der Waals surface area (Å²) < 4.78 is 10.7. The third kappa shape index (κ3) is 5.79. The molecular formula is C16H26N2O4. The molecule has 0 aromatic carbocycles. The molecule has 0 saturated carbocycles. The summed E-state index contributed by atoms with van der Waals surface area (Å²) in [6.07, 6.45) is 0.936. The third-order valence-electron chi connectivity index (χ3n) is 3.73. The van der Waals surface area contributed by atoms with E-state index in [0.29, 0.717) is 32.6 Å². The molecule has 22 heavy (non-hydrogen) atoms. The number of furan rings is 1. The van der Waals surface area contributed by atoms with Gasteiger partial charge in [0, 0.05) is 39.0 Å². The topological polar surface area (TPSA) is 74.9 Å². The van der Waals surface area contributed by atoms with Gasteiger partial charge in [0.2, 0.25) is 5.91 Å². The summed E-state index contributed by atoms with van der Waals surface area (Å²) in [4.78, 5) is 14.0. The molecule has 1 amide bonds. The van der Waals surface area contributed by atoms with Crippen LogP contribution in [-0.2, 0) is 16.0 Å². The van der Waals surface area contributed by atoms with Crippen LogP contribution in [0.4, 0.5) is 0 Å². The Morgan fingerprint density at radius 1 is 1.41 bits per heavy atom. The van der Waals surface area contributed by atoms with Crippen molar-refractivity contribution in [3.63, 3.8) is 0 Å². The monoisotopic (exact) mass is 310 g/mol. The van der Waals surface area contributed by atoms with Gasteiger partial charge in [-0.25, -0.2) is 0 Å². The molecule has 124 valence electrons. The summed E-state index contributed by atoms with van der Waals surface area (Å²) in [5, 5.41) is 13.2. The summed E-state index contributed by atoms with van der Waals surface area (Å²) in [6, 6.07) is 3.78. The first-order chi connectivity index (χ1) is 10.4. The SMILES string of the molecule is Cc1ccc(CCC(=O)NCC(C)(O)CN2CCOCC2)o1. The number of ether oxygens (including phenoxy) is 1. The number of aryl methyl sites for hydroxylation is 2. The Kier molecular flexibility index (Phi) is 5.99. The number of carbonyl (C=O) groups excluding carboxylic acids is 1. The molecule has 0 spiro atoms. The molecular weight excluding hydrogens is 284 g/mol. The van der Waals surface area contributed by atoms with Crippen molar-refractivity contribution in [1.29, 1.82) is 0 Å². The fourth-order valence-corrected chi connectivity index (χ4v) is 2.53. The van der Waals surface area contributed by atoms with Crippen molar-refractivity contribution in [2.24, 2.45) is 0 Å². The average molecular weight is 310 g/mol. The second-order valence-electron chi connectivity index (χ2n) is 6.17. The minimum Gasteiger partial charge on any atom is -0.466 e. The molecule has 0 aliphatic carbocycles. The van der Waals surface area contributed by atoms with Gasteiger partial charge in [0.1, 0.15) is 11.5 Å². The van der Waals surface area contributed by atoms with Gasteiger partial charge in [-0.1, -0.05) is 0 Å². The molecule has 1 fully saturated rings. The van der Waals surface area contributed by atoms with E-state index in [1.165, 1.54) is 0 Å². The van der Waals surface area contributed by atoms with Crippen LogP contribution in [0.1, 0.15) is 24.9 Å². The van der Waals surface area contributed by atoms with Crippen molar-refractivity contribution < 1.29 is 19.1 Å². The smallest absolute Gasteiger partial charge is 0.220 e. The van der Waals surface area contributed by atoms with Gasteiger partial charge in [0.15, 0.2) is 0 Å². The van der Waals surface area contributed by atoms with E-state index in [1.54, 1.807) is 6.92 Å². The lowest BCUT2D eigenvalue weighted by molar-refractivity contribution is -0.122. The molecule has 6 heteroatoms. The maximum atomic E-state index is 11.9. The Morgan fingerprint density at radius 2 is 2.14 bits per heavy atom. The maximum absolute atomic E-state index is 11.9. The highest BCUT2D eigenvalue weighted by molar-refractivity contribution is 5.76. The Hall–Kier alpha value is -1.37. The predicted molar refractivity (Wildman–Crippen MR) is 82.7 cm³/mol. The number of hydrogen-bond donors (Lipinski definition) is 2. The maximum Gasteiger partial charge on any atom is 0.220 e. The Bertz CT molecular complexity index is 478. The number of aliphatic hydroxyl groups is 1. The van der Waals surface area contributed by atoms with Gasteiger partial charge in [-0.15, -0.1) is 0 Å². The molecule has 0 radical (unpaired) electrons. The molecule has 1 aromatic heterocycles. The standard InChI is InChI=1S/C16H26N2O4/c1-13-3-4-14(22-13)5-6-15(19)17-11-16(2,20)12-18-7-9-21-10-8-18/h3-4,20H,5-12H2,1-2H3,(H,17,19). The zero-order valence-corrected chi connectivity index (χ0v) is 13.4. The van der Waals surface area contributed by atoms with Gasteiger partial charge in [-0.2, -0.15) is 0 Å². The summed E-state index contributed by atoms with van der Waals surface area (Å²) in [6.45, 7) is 7.46. The lowest BCUT2D eigenvalue weighted by atomic mass is 10.1. The van der Waals surface area contributed by atoms with Crippen molar-refractivity contribution in [3.8, 4) is 0 Å². The van der Waals surface area contributed by atoms with Crippen molar-refractivity contribution in [2.45, 2.75) is 32.3 Å². The van der Waals surface area contributed by atoms with Gasteiger partial charge in [-0.3, -0.25) is 9.69 Å². The van der Waals surface area contributed by atoms with Crippen LogP contribution in [0.15, 0.2) is 16.5 Å². The number of hydrogen-bond acceptors (Lipinski definition) is 5. The third-order valence-corrected chi connectivity index (χ3v) is 3.73. The van der Waals surface area contributed by atoms with E-state index in [2.05, 4.69) is 10.2 Å². The van der Waals surface area contributed by atoms with Gasteiger partial charge in [0.05, 0.1) is 18.8 Å². The zero-order chi connectivity index (χ0) is 16.0. The fourth-order valence-electron chi connectivity index (χ4n) is 2.53. The summed E-state index contributed by atoms with van der Waals surface area (Å²) in [5.41, 5.74) is -0.936. The molecule has 1 aromatic rings. The second-order valence-corrected chi connectivity index (χ2v) is 6.17. The molecule has 2 rings (SSSR count). The van der Waals surface area contributed by atoms with E-state index in [1.807, 2.05) is 19.1 Å². The molecule has 1 aliphatic rings. The largest absolute Gasteiger partial charge is 0.466 e.